The Bertz CT molecular complexity index is 1210. The molecule has 196 valence electrons. The van der Waals surface area contributed by atoms with E-state index in [1.807, 2.05) is 0 Å². The number of hydrogen-bond acceptors (Lipinski definition) is 4. The van der Waals surface area contributed by atoms with Gasteiger partial charge in [-0.1, -0.05) is 70.5 Å². The molecule has 0 saturated heterocycles. The highest BCUT2D eigenvalue weighted by atomic mass is 79.9. The molecule has 36 heavy (non-hydrogen) atoms. The summed E-state index contributed by atoms with van der Waals surface area (Å²) in [5.74, 6) is -0.814. The van der Waals surface area contributed by atoms with E-state index < -0.39 is 28.5 Å². The van der Waals surface area contributed by atoms with E-state index in [2.05, 4.69) is 21.2 Å². The van der Waals surface area contributed by atoms with E-state index in [0.717, 1.165) is 42.7 Å². The largest absolute Gasteiger partial charge is 0.352 e. The Morgan fingerprint density at radius 1 is 1.11 bits per heavy atom. The van der Waals surface area contributed by atoms with Crippen molar-refractivity contribution in [3.05, 3.63) is 62.5 Å². The highest BCUT2D eigenvalue weighted by molar-refractivity contribution is 9.10. The van der Waals surface area contributed by atoms with Crippen molar-refractivity contribution < 1.29 is 18.0 Å². The fourth-order valence-corrected chi connectivity index (χ4v) is 5.93. The number of nitrogens with zero attached hydrogens (tertiary/aromatic N) is 2. The number of benzene rings is 2. The number of rotatable bonds is 9. The van der Waals surface area contributed by atoms with Crippen LogP contribution in [0.1, 0.15) is 44.6 Å². The molecule has 2 aromatic carbocycles. The molecule has 1 N–H and O–H groups in total. The molecule has 1 aliphatic rings. The van der Waals surface area contributed by atoms with Crippen molar-refractivity contribution in [3.8, 4) is 0 Å². The molecule has 0 spiro atoms. The smallest absolute Gasteiger partial charge is 0.244 e. The molecule has 2 aromatic rings. The van der Waals surface area contributed by atoms with Crippen LogP contribution in [-0.4, -0.2) is 50.0 Å². The molecule has 0 aliphatic heterocycles. The summed E-state index contributed by atoms with van der Waals surface area (Å²) in [6, 6.07) is 10.8. The highest BCUT2D eigenvalue weighted by Crippen LogP contribution is 2.26. The van der Waals surface area contributed by atoms with Gasteiger partial charge in [0.25, 0.3) is 0 Å². The topological polar surface area (TPSA) is 86.8 Å². The van der Waals surface area contributed by atoms with E-state index in [-0.39, 0.29) is 18.5 Å². The van der Waals surface area contributed by atoms with Gasteiger partial charge in [0.05, 0.1) is 11.9 Å². The second kappa shape index (κ2) is 12.6. The van der Waals surface area contributed by atoms with Crippen molar-refractivity contribution in [2.45, 2.75) is 57.7 Å². The standard InChI is InChI=1S/C25H30BrCl2N3O4S/c1-17(25(33)29-21-8-4-3-5-9-21)30(15-18-11-12-20(27)14-23(18)28)24(32)16-31(36(2,34)35)22-10-6-7-19(26)13-22/h6-7,10-14,17,21H,3-5,8-9,15-16H2,1-2H3,(H,29,33)/t17-/m0/s1. The van der Waals surface area contributed by atoms with Crippen LogP contribution in [0.4, 0.5) is 5.69 Å². The molecule has 1 atom stereocenters. The zero-order valence-corrected chi connectivity index (χ0v) is 24.1. The lowest BCUT2D eigenvalue weighted by Crippen LogP contribution is -2.53. The summed E-state index contributed by atoms with van der Waals surface area (Å²) in [7, 11) is -3.80. The lowest BCUT2D eigenvalue weighted by atomic mass is 9.95. The monoisotopic (exact) mass is 617 g/mol. The van der Waals surface area contributed by atoms with Gasteiger partial charge >= 0.3 is 0 Å². The van der Waals surface area contributed by atoms with E-state index >= 15 is 0 Å². The first-order chi connectivity index (χ1) is 17.0. The molecule has 7 nitrogen and oxygen atoms in total. The molecule has 0 aromatic heterocycles. The normalized spacial score (nSPS) is 15.2. The predicted octanol–water partition coefficient (Wildman–Crippen LogP) is 5.39. The second-order valence-electron chi connectivity index (χ2n) is 9.03. The van der Waals surface area contributed by atoms with Gasteiger partial charge in [-0.2, -0.15) is 0 Å². The minimum absolute atomic E-state index is 0.0180. The van der Waals surface area contributed by atoms with Gasteiger partial charge in [0, 0.05) is 27.1 Å². The zero-order valence-electron chi connectivity index (χ0n) is 20.2. The molecular formula is C25H30BrCl2N3O4S. The number of hydrogen-bond donors (Lipinski definition) is 1. The molecule has 3 rings (SSSR count). The van der Waals surface area contributed by atoms with Gasteiger partial charge < -0.3 is 10.2 Å². The Labute approximate surface area is 231 Å². The minimum atomic E-state index is -3.80. The Morgan fingerprint density at radius 2 is 1.81 bits per heavy atom. The molecule has 1 aliphatic carbocycles. The van der Waals surface area contributed by atoms with E-state index in [1.54, 1.807) is 49.4 Å². The number of carbonyl (C=O) groups is 2. The van der Waals surface area contributed by atoms with Crippen LogP contribution in [0.15, 0.2) is 46.9 Å². The summed E-state index contributed by atoms with van der Waals surface area (Å²) in [6.07, 6.45) is 6.11. The molecule has 0 unspecified atom stereocenters. The summed E-state index contributed by atoms with van der Waals surface area (Å²) in [5, 5.41) is 3.86. The number of carbonyl (C=O) groups excluding carboxylic acids is 2. The number of halogens is 3. The van der Waals surface area contributed by atoms with Gasteiger partial charge in [0.1, 0.15) is 12.6 Å². The van der Waals surface area contributed by atoms with Crippen molar-refractivity contribution in [1.82, 2.24) is 10.2 Å². The quantitative estimate of drug-likeness (QED) is 0.408. The van der Waals surface area contributed by atoms with Crippen LogP contribution in [0.3, 0.4) is 0 Å². The van der Waals surface area contributed by atoms with Crippen LogP contribution in [0.25, 0.3) is 0 Å². The lowest BCUT2D eigenvalue weighted by Gasteiger charge is -2.33. The maximum absolute atomic E-state index is 13.6. The Hall–Kier alpha value is -1.81. The van der Waals surface area contributed by atoms with Crippen LogP contribution in [-0.2, 0) is 26.2 Å². The van der Waals surface area contributed by atoms with Gasteiger partial charge in [-0.25, -0.2) is 8.42 Å². The lowest BCUT2D eigenvalue weighted by molar-refractivity contribution is -0.139. The first kappa shape index (κ1) is 28.8. The van der Waals surface area contributed by atoms with Crippen LogP contribution in [0.2, 0.25) is 10.0 Å². The molecule has 0 heterocycles. The maximum Gasteiger partial charge on any atom is 0.244 e. The van der Waals surface area contributed by atoms with Crippen molar-refractivity contribution in [2.24, 2.45) is 0 Å². The van der Waals surface area contributed by atoms with Gasteiger partial charge in [0.15, 0.2) is 0 Å². The van der Waals surface area contributed by atoms with Crippen molar-refractivity contribution in [1.29, 1.82) is 0 Å². The van der Waals surface area contributed by atoms with Gasteiger partial charge in [-0.3, -0.25) is 13.9 Å². The highest BCUT2D eigenvalue weighted by Gasteiger charge is 2.31. The first-order valence-corrected chi connectivity index (χ1v) is 15.1. The van der Waals surface area contributed by atoms with Gasteiger partial charge in [-0.15, -0.1) is 0 Å². The van der Waals surface area contributed by atoms with E-state index in [9.17, 15) is 18.0 Å². The average molecular weight is 619 g/mol. The molecule has 11 heteroatoms. The predicted molar refractivity (Wildman–Crippen MR) is 148 cm³/mol. The SMILES string of the molecule is C[C@@H](C(=O)NC1CCCCC1)N(Cc1ccc(Cl)cc1Cl)C(=O)CN(c1cccc(Br)c1)S(C)(=O)=O. The summed E-state index contributed by atoms with van der Waals surface area (Å²) < 4.78 is 27.0. The van der Waals surface area contributed by atoms with Gasteiger partial charge in [0.2, 0.25) is 21.8 Å². The summed E-state index contributed by atoms with van der Waals surface area (Å²) in [6.45, 7) is 1.19. The number of amides is 2. The van der Waals surface area contributed by atoms with Crippen molar-refractivity contribution in [2.75, 3.05) is 17.1 Å². The Kier molecular flexibility index (Phi) is 10.1. The number of anilines is 1. The summed E-state index contributed by atoms with van der Waals surface area (Å²) >= 11 is 15.8. The summed E-state index contributed by atoms with van der Waals surface area (Å²) in [5.41, 5.74) is 0.934. The fraction of sp³-hybridized carbons (Fsp3) is 0.440. The van der Waals surface area contributed by atoms with E-state index in [1.165, 1.54) is 4.90 Å². The molecule has 2 amide bonds. The average Bonchev–Trinajstić information content (AvgIpc) is 2.81. The van der Waals surface area contributed by atoms with Crippen LogP contribution in [0, 0.1) is 0 Å². The van der Waals surface area contributed by atoms with E-state index in [0.29, 0.717) is 25.8 Å². The first-order valence-electron chi connectivity index (χ1n) is 11.7. The minimum Gasteiger partial charge on any atom is -0.352 e. The third-order valence-electron chi connectivity index (χ3n) is 6.25. The number of nitrogens with one attached hydrogen (secondary N) is 1. The van der Waals surface area contributed by atoms with Crippen molar-refractivity contribution in [3.63, 3.8) is 0 Å². The second-order valence-corrected chi connectivity index (χ2v) is 12.7. The Balaban J connectivity index is 1.90. The Morgan fingerprint density at radius 3 is 2.42 bits per heavy atom. The third kappa shape index (κ3) is 7.84. The van der Waals surface area contributed by atoms with Crippen molar-refractivity contribution >= 4 is 66.7 Å². The maximum atomic E-state index is 13.6. The zero-order chi connectivity index (χ0) is 26.5. The van der Waals surface area contributed by atoms with Crippen LogP contribution >= 0.6 is 39.1 Å². The van der Waals surface area contributed by atoms with Gasteiger partial charge in [-0.05, 0) is 55.7 Å². The fourth-order valence-electron chi connectivity index (χ4n) is 4.23. The molecular weight excluding hydrogens is 589 g/mol. The molecule has 0 bridgehead atoms. The third-order valence-corrected chi connectivity index (χ3v) is 8.47. The van der Waals surface area contributed by atoms with E-state index in [4.69, 9.17) is 23.2 Å². The van der Waals surface area contributed by atoms with Crippen LogP contribution < -0.4 is 9.62 Å². The van der Waals surface area contributed by atoms with Crippen LogP contribution in [0.5, 0.6) is 0 Å². The molecule has 1 fully saturated rings. The molecule has 0 radical (unpaired) electrons. The molecule has 1 saturated carbocycles. The number of sulfonamides is 1. The summed E-state index contributed by atoms with van der Waals surface area (Å²) in [4.78, 5) is 28.2.